The molecule has 0 radical (unpaired) electrons. The lowest BCUT2D eigenvalue weighted by Crippen LogP contribution is -2.30. The zero-order chi connectivity index (χ0) is 21.0. The Morgan fingerprint density at radius 2 is 1.53 bits per heavy atom. The molecule has 3 rings (SSSR count). The van der Waals surface area contributed by atoms with Crippen LogP contribution in [0.2, 0.25) is 0 Å². The van der Waals surface area contributed by atoms with E-state index in [2.05, 4.69) is 22.8 Å². The summed E-state index contributed by atoms with van der Waals surface area (Å²) in [6.07, 6.45) is 0. The van der Waals surface area contributed by atoms with Crippen molar-refractivity contribution in [2.24, 2.45) is 11.7 Å². The van der Waals surface area contributed by atoms with Gasteiger partial charge in [-0.2, -0.15) is 0 Å². The first-order chi connectivity index (χ1) is 13.9. The van der Waals surface area contributed by atoms with E-state index in [1.165, 1.54) is 19.4 Å². The van der Waals surface area contributed by atoms with Crippen molar-refractivity contribution in [3.63, 3.8) is 0 Å². The third-order valence-corrected chi connectivity index (χ3v) is 5.08. The van der Waals surface area contributed by atoms with Crippen molar-refractivity contribution in [2.45, 2.75) is 19.8 Å². The molecular formula is C22H27ClN4O3. The summed E-state index contributed by atoms with van der Waals surface area (Å²) in [6, 6.07) is 15.0. The molecule has 3 amide bonds. The van der Waals surface area contributed by atoms with Gasteiger partial charge in [0.1, 0.15) is 0 Å². The number of halogens is 1. The number of nitrogens with two attached hydrogens (primary N) is 1. The first kappa shape index (κ1) is 23.4. The predicted octanol–water partition coefficient (Wildman–Crippen LogP) is 2.84. The highest BCUT2D eigenvalue weighted by molar-refractivity contribution is 6.00. The molecule has 2 aromatic rings. The minimum atomic E-state index is -0.253. The number of amides is 3. The van der Waals surface area contributed by atoms with E-state index in [4.69, 9.17) is 5.73 Å². The van der Waals surface area contributed by atoms with Crippen LogP contribution in [0.4, 0.5) is 11.4 Å². The summed E-state index contributed by atoms with van der Waals surface area (Å²) >= 11 is 0. The van der Waals surface area contributed by atoms with Gasteiger partial charge in [-0.3, -0.25) is 14.4 Å². The van der Waals surface area contributed by atoms with Crippen molar-refractivity contribution in [3.8, 4) is 0 Å². The van der Waals surface area contributed by atoms with Gasteiger partial charge in [-0.05, 0) is 36.2 Å². The quantitative estimate of drug-likeness (QED) is 0.678. The molecule has 0 unspecified atom stereocenters. The molecule has 0 spiro atoms. The van der Waals surface area contributed by atoms with E-state index in [-0.39, 0.29) is 42.0 Å². The minimum Gasteiger partial charge on any atom is -0.338 e. The Morgan fingerprint density at radius 1 is 0.967 bits per heavy atom. The number of hydrogen-bond acceptors (Lipinski definition) is 4. The highest BCUT2D eigenvalue weighted by atomic mass is 35.5. The Labute approximate surface area is 182 Å². The van der Waals surface area contributed by atoms with Gasteiger partial charge in [-0.25, -0.2) is 0 Å². The van der Waals surface area contributed by atoms with Gasteiger partial charge in [0.05, 0.1) is 0 Å². The Bertz CT molecular complexity index is 886. The Hall–Kier alpha value is -2.90. The second kappa shape index (κ2) is 10.2. The molecule has 7 nitrogen and oxygen atoms in total. The number of carbonyl (C=O) groups is 3. The Balaban J connectivity index is 0.00000320. The fourth-order valence-electron chi connectivity index (χ4n) is 3.84. The second-order valence-corrected chi connectivity index (χ2v) is 7.38. The number of hydrogen-bond donors (Lipinski definition) is 3. The molecule has 2 aromatic carbocycles. The van der Waals surface area contributed by atoms with Crippen LogP contribution < -0.4 is 16.4 Å². The van der Waals surface area contributed by atoms with Crippen LogP contribution >= 0.6 is 12.4 Å². The lowest BCUT2D eigenvalue weighted by atomic mass is 9.89. The van der Waals surface area contributed by atoms with Gasteiger partial charge in [0, 0.05) is 49.8 Å². The van der Waals surface area contributed by atoms with Crippen LogP contribution in [-0.2, 0) is 9.59 Å². The summed E-state index contributed by atoms with van der Waals surface area (Å²) < 4.78 is 0. The van der Waals surface area contributed by atoms with E-state index in [1.54, 1.807) is 23.1 Å². The van der Waals surface area contributed by atoms with Gasteiger partial charge in [-0.15, -0.1) is 12.4 Å². The molecular weight excluding hydrogens is 404 g/mol. The van der Waals surface area contributed by atoms with E-state index in [0.29, 0.717) is 36.6 Å². The van der Waals surface area contributed by atoms with Crippen molar-refractivity contribution in [1.29, 1.82) is 0 Å². The molecule has 8 heteroatoms. The fraction of sp³-hybridized carbons (Fsp3) is 0.318. The van der Waals surface area contributed by atoms with E-state index < -0.39 is 0 Å². The van der Waals surface area contributed by atoms with Crippen LogP contribution in [0.3, 0.4) is 0 Å². The molecule has 0 saturated carbocycles. The zero-order valence-corrected chi connectivity index (χ0v) is 17.9. The standard InChI is InChI=1S/C22H26N4O3.ClH/c1-14(27)24-19-8-17(9-20(10-19)25-15(2)28)22(29)26-12-18(11-23)21(13-26)16-6-4-3-5-7-16;/h3-10,18,21H,11-13,23H2,1-2H3,(H,24,27)(H,25,28);1H/t18-,21+;/m1./s1. The SMILES string of the molecule is CC(=O)Nc1cc(NC(C)=O)cc(C(=O)N2C[C@@H](CN)[C@H](c3ccccc3)C2)c1.Cl. The topological polar surface area (TPSA) is 105 Å². The molecule has 160 valence electrons. The largest absolute Gasteiger partial charge is 0.338 e. The van der Waals surface area contributed by atoms with Crippen molar-refractivity contribution >= 4 is 41.5 Å². The molecule has 0 bridgehead atoms. The fourth-order valence-corrected chi connectivity index (χ4v) is 3.84. The molecule has 1 fully saturated rings. The lowest BCUT2D eigenvalue weighted by Gasteiger charge is -2.18. The molecule has 2 atom stereocenters. The van der Waals surface area contributed by atoms with Gasteiger partial charge >= 0.3 is 0 Å². The summed E-state index contributed by atoms with van der Waals surface area (Å²) in [5, 5.41) is 5.36. The molecule has 4 N–H and O–H groups in total. The van der Waals surface area contributed by atoms with Gasteiger partial charge < -0.3 is 21.3 Å². The molecule has 30 heavy (non-hydrogen) atoms. The summed E-state index contributed by atoms with van der Waals surface area (Å²) in [5.74, 6) is -0.303. The van der Waals surface area contributed by atoms with Crippen LogP contribution in [0.5, 0.6) is 0 Å². The van der Waals surface area contributed by atoms with Crippen molar-refractivity contribution in [1.82, 2.24) is 4.90 Å². The third-order valence-electron chi connectivity index (χ3n) is 5.08. The average molecular weight is 431 g/mol. The predicted molar refractivity (Wildman–Crippen MR) is 120 cm³/mol. The van der Waals surface area contributed by atoms with E-state index in [1.807, 2.05) is 18.2 Å². The summed E-state index contributed by atoms with van der Waals surface area (Å²) in [7, 11) is 0. The number of nitrogens with zero attached hydrogens (tertiary/aromatic N) is 1. The van der Waals surface area contributed by atoms with Crippen molar-refractivity contribution < 1.29 is 14.4 Å². The lowest BCUT2D eigenvalue weighted by molar-refractivity contribution is -0.115. The van der Waals surface area contributed by atoms with Crippen LogP contribution in [0.1, 0.15) is 35.7 Å². The number of carbonyl (C=O) groups excluding carboxylic acids is 3. The molecule has 1 heterocycles. The Morgan fingerprint density at radius 3 is 2.03 bits per heavy atom. The third kappa shape index (κ3) is 5.58. The zero-order valence-electron chi connectivity index (χ0n) is 17.1. The molecule has 1 saturated heterocycles. The normalized spacial score (nSPS) is 17.8. The van der Waals surface area contributed by atoms with Gasteiger partial charge in [0.25, 0.3) is 5.91 Å². The molecule has 1 aliphatic rings. The first-order valence-electron chi connectivity index (χ1n) is 9.62. The maximum absolute atomic E-state index is 13.2. The van der Waals surface area contributed by atoms with Gasteiger partial charge in [0.2, 0.25) is 11.8 Å². The van der Waals surface area contributed by atoms with E-state index in [9.17, 15) is 14.4 Å². The van der Waals surface area contributed by atoms with Crippen molar-refractivity contribution in [2.75, 3.05) is 30.3 Å². The van der Waals surface area contributed by atoms with E-state index in [0.717, 1.165) is 0 Å². The molecule has 0 aromatic heterocycles. The smallest absolute Gasteiger partial charge is 0.254 e. The first-order valence-corrected chi connectivity index (χ1v) is 9.62. The molecule has 1 aliphatic heterocycles. The number of nitrogens with one attached hydrogen (secondary N) is 2. The van der Waals surface area contributed by atoms with Crippen LogP contribution in [-0.4, -0.2) is 42.3 Å². The summed E-state index contributed by atoms with van der Waals surface area (Å²) in [5.41, 5.74) is 8.48. The summed E-state index contributed by atoms with van der Waals surface area (Å²) in [6.45, 7) is 4.42. The average Bonchev–Trinajstić information content (AvgIpc) is 3.11. The number of benzene rings is 2. The second-order valence-electron chi connectivity index (χ2n) is 7.38. The number of rotatable bonds is 5. The van der Waals surface area contributed by atoms with Crippen LogP contribution in [0.25, 0.3) is 0 Å². The monoisotopic (exact) mass is 430 g/mol. The summed E-state index contributed by atoms with van der Waals surface area (Å²) in [4.78, 5) is 37.9. The van der Waals surface area contributed by atoms with Crippen LogP contribution in [0, 0.1) is 5.92 Å². The molecule has 0 aliphatic carbocycles. The maximum Gasteiger partial charge on any atom is 0.254 e. The Kier molecular flexibility index (Phi) is 7.97. The maximum atomic E-state index is 13.2. The van der Waals surface area contributed by atoms with Crippen LogP contribution in [0.15, 0.2) is 48.5 Å². The number of likely N-dealkylation sites (tertiary alicyclic amines) is 1. The highest BCUT2D eigenvalue weighted by Crippen LogP contribution is 2.33. The van der Waals surface area contributed by atoms with Crippen molar-refractivity contribution in [3.05, 3.63) is 59.7 Å². The van der Waals surface area contributed by atoms with Gasteiger partial charge in [0.15, 0.2) is 0 Å². The minimum absolute atomic E-state index is 0. The van der Waals surface area contributed by atoms with E-state index >= 15 is 0 Å². The van der Waals surface area contributed by atoms with Gasteiger partial charge in [-0.1, -0.05) is 30.3 Å². The number of anilines is 2. The highest BCUT2D eigenvalue weighted by Gasteiger charge is 2.35.